The van der Waals surface area contributed by atoms with Gasteiger partial charge in [0.15, 0.2) is 0 Å². The third-order valence-electron chi connectivity index (χ3n) is 4.38. The number of carbonyl (C=O) groups is 1. The SMILES string of the molecule is CN(C)C(=O)c1ccc(S(=O)(=O)N2CCNCC2c2cccnc2)cc1.Cl. The molecule has 7 nitrogen and oxygen atoms in total. The lowest BCUT2D eigenvalue weighted by Gasteiger charge is -2.35. The van der Waals surface area contributed by atoms with E-state index in [0.717, 1.165) is 5.56 Å². The van der Waals surface area contributed by atoms with Gasteiger partial charge in [0.25, 0.3) is 5.91 Å². The first-order valence-electron chi connectivity index (χ1n) is 8.35. The van der Waals surface area contributed by atoms with E-state index in [1.807, 2.05) is 6.07 Å². The summed E-state index contributed by atoms with van der Waals surface area (Å²) >= 11 is 0. The Kier molecular flexibility index (Phi) is 6.94. The molecule has 27 heavy (non-hydrogen) atoms. The van der Waals surface area contributed by atoms with Gasteiger partial charge in [0.2, 0.25) is 10.0 Å². The number of pyridine rings is 1. The molecule has 0 spiro atoms. The average Bonchev–Trinajstić information content (AvgIpc) is 2.68. The molecule has 0 saturated carbocycles. The fourth-order valence-corrected chi connectivity index (χ4v) is 4.61. The second-order valence-corrected chi connectivity index (χ2v) is 8.24. The summed E-state index contributed by atoms with van der Waals surface area (Å²) in [5.74, 6) is -0.163. The van der Waals surface area contributed by atoms with Crippen LogP contribution in [-0.2, 0) is 10.0 Å². The highest BCUT2D eigenvalue weighted by Crippen LogP contribution is 2.28. The Labute approximate surface area is 165 Å². The molecule has 2 heterocycles. The molecule has 2 aromatic rings. The van der Waals surface area contributed by atoms with Crippen LogP contribution < -0.4 is 5.32 Å². The molecule has 1 atom stereocenters. The third-order valence-corrected chi connectivity index (χ3v) is 6.30. The van der Waals surface area contributed by atoms with Crippen LogP contribution in [0.5, 0.6) is 0 Å². The van der Waals surface area contributed by atoms with Crippen LogP contribution in [-0.4, -0.2) is 62.2 Å². The van der Waals surface area contributed by atoms with Crippen LogP contribution in [0.1, 0.15) is 22.0 Å². The number of sulfonamides is 1. The van der Waals surface area contributed by atoms with Crippen LogP contribution in [0.2, 0.25) is 0 Å². The molecule has 1 aromatic heterocycles. The Hall–Kier alpha value is -2.00. The van der Waals surface area contributed by atoms with E-state index < -0.39 is 10.0 Å². The van der Waals surface area contributed by atoms with Crippen molar-refractivity contribution in [1.29, 1.82) is 0 Å². The van der Waals surface area contributed by atoms with Crippen molar-refractivity contribution in [3.63, 3.8) is 0 Å². The maximum atomic E-state index is 13.2. The average molecular weight is 411 g/mol. The number of piperazine rings is 1. The Morgan fingerprint density at radius 1 is 1.22 bits per heavy atom. The number of rotatable bonds is 4. The fourth-order valence-electron chi connectivity index (χ4n) is 2.99. The number of aromatic nitrogens is 1. The molecule has 3 rings (SSSR count). The van der Waals surface area contributed by atoms with E-state index in [2.05, 4.69) is 10.3 Å². The lowest BCUT2D eigenvalue weighted by atomic mass is 10.1. The number of carbonyl (C=O) groups excluding carboxylic acids is 1. The van der Waals surface area contributed by atoms with Crippen LogP contribution >= 0.6 is 12.4 Å². The van der Waals surface area contributed by atoms with E-state index in [0.29, 0.717) is 25.2 Å². The first kappa shape index (κ1) is 21.3. The first-order chi connectivity index (χ1) is 12.4. The molecule has 9 heteroatoms. The Morgan fingerprint density at radius 3 is 2.52 bits per heavy atom. The Bertz CT molecular complexity index is 873. The summed E-state index contributed by atoms with van der Waals surface area (Å²) in [5.41, 5.74) is 1.31. The molecule has 1 unspecified atom stereocenters. The molecular formula is C18H23ClN4O3S. The minimum atomic E-state index is -3.68. The standard InChI is InChI=1S/C18H22N4O3S.ClH/c1-21(2)18(23)14-5-7-16(8-6-14)26(24,25)22-11-10-20-13-17(22)15-4-3-9-19-12-15;/h3-9,12,17,20H,10-11,13H2,1-2H3;1H. The molecular weight excluding hydrogens is 388 g/mol. The summed E-state index contributed by atoms with van der Waals surface area (Å²) in [4.78, 5) is 17.7. The lowest BCUT2D eigenvalue weighted by molar-refractivity contribution is 0.0827. The van der Waals surface area contributed by atoms with E-state index in [1.54, 1.807) is 44.7 Å². The molecule has 1 N–H and O–H groups in total. The van der Waals surface area contributed by atoms with Crippen LogP contribution in [0.4, 0.5) is 0 Å². The highest BCUT2D eigenvalue weighted by Gasteiger charge is 2.34. The first-order valence-corrected chi connectivity index (χ1v) is 9.79. The summed E-state index contributed by atoms with van der Waals surface area (Å²) in [6, 6.07) is 9.46. The molecule has 0 radical (unpaired) electrons. The summed E-state index contributed by atoms with van der Waals surface area (Å²) in [7, 11) is -0.364. The number of amides is 1. The molecule has 0 aliphatic carbocycles. The molecule has 1 aromatic carbocycles. The molecule has 1 aliphatic heterocycles. The molecule has 1 fully saturated rings. The van der Waals surface area contributed by atoms with Gasteiger partial charge >= 0.3 is 0 Å². The van der Waals surface area contributed by atoms with Crippen LogP contribution in [0.3, 0.4) is 0 Å². The summed E-state index contributed by atoms with van der Waals surface area (Å²) < 4.78 is 27.8. The van der Waals surface area contributed by atoms with Gasteiger partial charge in [-0.25, -0.2) is 8.42 Å². The number of benzene rings is 1. The van der Waals surface area contributed by atoms with Crippen molar-refractivity contribution in [2.24, 2.45) is 0 Å². The van der Waals surface area contributed by atoms with Gasteiger partial charge in [0.05, 0.1) is 10.9 Å². The maximum absolute atomic E-state index is 13.2. The minimum Gasteiger partial charge on any atom is -0.345 e. The molecule has 1 aliphatic rings. The zero-order chi connectivity index (χ0) is 18.7. The van der Waals surface area contributed by atoms with Crippen molar-refractivity contribution >= 4 is 28.3 Å². The maximum Gasteiger partial charge on any atom is 0.253 e. The zero-order valence-corrected chi connectivity index (χ0v) is 16.8. The predicted octanol–water partition coefficient (Wildman–Crippen LogP) is 1.54. The van der Waals surface area contributed by atoms with Crippen molar-refractivity contribution in [3.8, 4) is 0 Å². The minimum absolute atomic E-state index is 0. The fraction of sp³-hybridized carbons (Fsp3) is 0.333. The van der Waals surface area contributed by atoms with Crippen molar-refractivity contribution in [1.82, 2.24) is 19.5 Å². The smallest absolute Gasteiger partial charge is 0.253 e. The predicted molar refractivity (Wildman–Crippen MR) is 105 cm³/mol. The normalized spacial score (nSPS) is 17.8. The van der Waals surface area contributed by atoms with E-state index >= 15 is 0 Å². The largest absolute Gasteiger partial charge is 0.345 e. The summed E-state index contributed by atoms with van der Waals surface area (Å²) in [6.07, 6.45) is 3.36. The van der Waals surface area contributed by atoms with E-state index in [-0.39, 0.29) is 29.3 Å². The number of hydrogen-bond donors (Lipinski definition) is 1. The second kappa shape index (κ2) is 8.79. The van der Waals surface area contributed by atoms with Crippen LogP contribution in [0.15, 0.2) is 53.7 Å². The molecule has 1 saturated heterocycles. The number of hydrogen-bond acceptors (Lipinski definition) is 5. The van der Waals surface area contributed by atoms with Gasteiger partial charge in [-0.2, -0.15) is 4.31 Å². The Balaban J connectivity index is 0.00000261. The number of nitrogens with zero attached hydrogens (tertiary/aromatic N) is 3. The van der Waals surface area contributed by atoms with Gasteiger partial charge in [0, 0.05) is 51.7 Å². The third kappa shape index (κ3) is 4.47. The number of halogens is 1. The van der Waals surface area contributed by atoms with E-state index in [9.17, 15) is 13.2 Å². The molecule has 0 bridgehead atoms. The monoisotopic (exact) mass is 410 g/mol. The van der Waals surface area contributed by atoms with Gasteiger partial charge in [-0.15, -0.1) is 12.4 Å². The van der Waals surface area contributed by atoms with Gasteiger partial charge in [-0.1, -0.05) is 6.07 Å². The highest BCUT2D eigenvalue weighted by molar-refractivity contribution is 7.89. The highest BCUT2D eigenvalue weighted by atomic mass is 35.5. The molecule has 146 valence electrons. The van der Waals surface area contributed by atoms with E-state index in [1.165, 1.54) is 21.3 Å². The molecule has 1 amide bonds. The summed E-state index contributed by atoms with van der Waals surface area (Å²) in [6.45, 7) is 1.50. The summed E-state index contributed by atoms with van der Waals surface area (Å²) in [5, 5.41) is 3.24. The van der Waals surface area contributed by atoms with E-state index in [4.69, 9.17) is 0 Å². The van der Waals surface area contributed by atoms with Crippen LogP contribution in [0, 0.1) is 0 Å². The van der Waals surface area contributed by atoms with Gasteiger partial charge < -0.3 is 10.2 Å². The zero-order valence-electron chi connectivity index (χ0n) is 15.2. The van der Waals surface area contributed by atoms with Crippen molar-refractivity contribution in [2.75, 3.05) is 33.7 Å². The lowest BCUT2D eigenvalue weighted by Crippen LogP contribution is -2.48. The second-order valence-electron chi connectivity index (χ2n) is 6.35. The van der Waals surface area contributed by atoms with Gasteiger partial charge in [-0.3, -0.25) is 9.78 Å². The Morgan fingerprint density at radius 2 is 1.93 bits per heavy atom. The van der Waals surface area contributed by atoms with Crippen molar-refractivity contribution in [3.05, 3.63) is 59.9 Å². The van der Waals surface area contributed by atoms with Crippen molar-refractivity contribution < 1.29 is 13.2 Å². The van der Waals surface area contributed by atoms with Crippen LogP contribution in [0.25, 0.3) is 0 Å². The van der Waals surface area contributed by atoms with Gasteiger partial charge in [0.1, 0.15) is 0 Å². The number of nitrogens with one attached hydrogen (secondary N) is 1. The van der Waals surface area contributed by atoms with Crippen molar-refractivity contribution in [2.45, 2.75) is 10.9 Å². The van der Waals surface area contributed by atoms with Gasteiger partial charge in [-0.05, 0) is 35.9 Å². The quantitative estimate of drug-likeness (QED) is 0.826. The topological polar surface area (TPSA) is 82.6 Å².